The molecule has 4 rings (SSSR count). The molecule has 2 aromatic carbocycles. The zero-order valence-corrected chi connectivity index (χ0v) is 19.1. The molecule has 0 bridgehead atoms. The van der Waals surface area contributed by atoms with E-state index in [0.717, 1.165) is 42.6 Å². The van der Waals surface area contributed by atoms with Crippen LogP contribution < -0.4 is 4.74 Å². The zero-order chi connectivity index (χ0) is 22.9. The van der Waals surface area contributed by atoms with Gasteiger partial charge in [-0.3, -0.25) is 4.79 Å². The Bertz CT molecular complexity index is 998. The van der Waals surface area contributed by atoms with Crippen molar-refractivity contribution in [1.82, 2.24) is 15.0 Å². The summed E-state index contributed by atoms with van der Waals surface area (Å²) in [5.74, 6) is 1.86. The molecule has 1 aromatic heterocycles. The molecule has 0 aliphatic heterocycles. The molecule has 7 heteroatoms. The first-order valence-electron chi connectivity index (χ1n) is 11.6. The molecule has 1 aliphatic carbocycles. The smallest absolute Gasteiger partial charge is 0.248 e. The predicted octanol–water partition coefficient (Wildman–Crippen LogP) is 4.67. The number of amides is 1. The van der Waals surface area contributed by atoms with Crippen LogP contribution in [0.25, 0.3) is 11.4 Å². The number of hydrogen-bond donors (Lipinski definition) is 0. The molecule has 3 aromatic rings. The Balaban J connectivity index is 1.36. The van der Waals surface area contributed by atoms with E-state index in [4.69, 9.17) is 14.0 Å². The molecular weight excluding hydrogens is 418 g/mol. The van der Waals surface area contributed by atoms with Gasteiger partial charge in [-0.2, -0.15) is 4.98 Å². The lowest BCUT2D eigenvalue weighted by molar-refractivity contribution is -0.139. The van der Waals surface area contributed by atoms with Gasteiger partial charge in [-0.05, 0) is 42.7 Å². The molecule has 7 nitrogen and oxygen atoms in total. The van der Waals surface area contributed by atoms with Crippen LogP contribution in [-0.4, -0.2) is 47.3 Å². The van der Waals surface area contributed by atoms with E-state index in [-0.39, 0.29) is 18.6 Å². The minimum Gasteiger partial charge on any atom is -0.497 e. The molecular formula is C26H31N3O4. The normalized spacial score (nSPS) is 14.2. The average molecular weight is 450 g/mol. The van der Waals surface area contributed by atoms with E-state index in [2.05, 4.69) is 10.1 Å². The van der Waals surface area contributed by atoms with Gasteiger partial charge in [0, 0.05) is 24.6 Å². The Morgan fingerprint density at radius 3 is 2.55 bits per heavy atom. The number of ether oxygens (including phenoxy) is 2. The highest BCUT2D eigenvalue weighted by Gasteiger charge is 2.26. The van der Waals surface area contributed by atoms with E-state index < -0.39 is 0 Å². The second-order valence-electron chi connectivity index (χ2n) is 8.35. The second-order valence-corrected chi connectivity index (χ2v) is 8.35. The number of aromatic nitrogens is 2. The molecule has 1 fully saturated rings. The van der Waals surface area contributed by atoms with Crippen molar-refractivity contribution in [2.75, 3.05) is 20.3 Å². The SMILES string of the molecule is COc1ccc(-c2noc(CCN(C(=O)COCc3ccccc3)C3CCCCC3)n2)cc1. The van der Waals surface area contributed by atoms with Crippen LogP contribution in [0.2, 0.25) is 0 Å². The molecule has 1 amide bonds. The average Bonchev–Trinajstić information content (AvgIpc) is 3.34. The fourth-order valence-corrected chi connectivity index (χ4v) is 4.25. The number of benzene rings is 2. The first-order valence-corrected chi connectivity index (χ1v) is 11.6. The highest BCUT2D eigenvalue weighted by Crippen LogP contribution is 2.24. The van der Waals surface area contributed by atoms with Gasteiger partial charge in [0.25, 0.3) is 0 Å². The summed E-state index contributed by atoms with van der Waals surface area (Å²) >= 11 is 0. The summed E-state index contributed by atoms with van der Waals surface area (Å²) in [6, 6.07) is 17.7. The minimum absolute atomic E-state index is 0.0210. The van der Waals surface area contributed by atoms with Gasteiger partial charge < -0.3 is 18.9 Å². The van der Waals surface area contributed by atoms with Crippen LogP contribution in [0.4, 0.5) is 0 Å². The third-order valence-corrected chi connectivity index (χ3v) is 6.06. The molecule has 0 unspecified atom stereocenters. The van der Waals surface area contributed by atoms with Gasteiger partial charge in [0.15, 0.2) is 0 Å². The molecule has 174 valence electrons. The van der Waals surface area contributed by atoms with Gasteiger partial charge in [-0.1, -0.05) is 54.8 Å². The Hall–Kier alpha value is -3.19. The van der Waals surface area contributed by atoms with Crippen LogP contribution in [0.3, 0.4) is 0 Å². The van der Waals surface area contributed by atoms with Crippen molar-refractivity contribution >= 4 is 5.91 Å². The first kappa shape index (κ1) is 23.0. The fourth-order valence-electron chi connectivity index (χ4n) is 4.25. The Morgan fingerprint density at radius 2 is 1.82 bits per heavy atom. The van der Waals surface area contributed by atoms with Crippen LogP contribution in [-0.2, 0) is 22.6 Å². The molecule has 1 saturated carbocycles. The number of methoxy groups -OCH3 is 1. The summed E-state index contributed by atoms with van der Waals surface area (Å²) in [5.41, 5.74) is 1.92. The summed E-state index contributed by atoms with van der Waals surface area (Å²) in [6.45, 7) is 1.05. The number of hydrogen-bond acceptors (Lipinski definition) is 6. The Kier molecular flexibility index (Phi) is 8.09. The molecule has 0 atom stereocenters. The van der Waals surface area contributed by atoms with E-state index >= 15 is 0 Å². The van der Waals surface area contributed by atoms with Crippen LogP contribution >= 0.6 is 0 Å². The lowest BCUT2D eigenvalue weighted by atomic mass is 9.94. The number of carbonyl (C=O) groups excluding carboxylic acids is 1. The summed E-state index contributed by atoms with van der Waals surface area (Å²) in [4.78, 5) is 19.5. The van der Waals surface area contributed by atoms with Crippen molar-refractivity contribution in [2.24, 2.45) is 0 Å². The van der Waals surface area contributed by atoms with Gasteiger partial charge in [-0.25, -0.2) is 0 Å². The lowest BCUT2D eigenvalue weighted by Crippen LogP contribution is -2.44. The molecule has 1 aliphatic rings. The van der Waals surface area contributed by atoms with Gasteiger partial charge in [-0.15, -0.1) is 0 Å². The van der Waals surface area contributed by atoms with Crippen molar-refractivity contribution < 1.29 is 18.8 Å². The van der Waals surface area contributed by atoms with E-state index in [9.17, 15) is 4.79 Å². The number of rotatable bonds is 10. The second kappa shape index (κ2) is 11.6. The van der Waals surface area contributed by atoms with Crippen molar-refractivity contribution in [2.45, 2.75) is 51.2 Å². The predicted molar refractivity (Wildman–Crippen MR) is 125 cm³/mol. The van der Waals surface area contributed by atoms with Gasteiger partial charge in [0.2, 0.25) is 17.6 Å². The first-order chi connectivity index (χ1) is 16.2. The fraction of sp³-hybridized carbons (Fsp3) is 0.423. The van der Waals surface area contributed by atoms with E-state index in [1.54, 1.807) is 7.11 Å². The monoisotopic (exact) mass is 449 g/mol. The maximum atomic E-state index is 13.1. The van der Waals surface area contributed by atoms with Crippen LogP contribution in [0, 0.1) is 0 Å². The molecule has 0 N–H and O–H groups in total. The summed E-state index contributed by atoms with van der Waals surface area (Å²) < 4.78 is 16.4. The Labute approximate surface area is 194 Å². The maximum absolute atomic E-state index is 13.1. The molecule has 0 spiro atoms. The topological polar surface area (TPSA) is 77.7 Å². The third-order valence-electron chi connectivity index (χ3n) is 6.06. The standard InChI is InChI=1S/C26H31N3O4/c1-31-23-14-12-21(13-15-23)26-27-24(33-28-26)16-17-29(22-10-6-3-7-11-22)25(30)19-32-18-20-8-4-2-5-9-20/h2,4-5,8-9,12-15,22H,3,6-7,10-11,16-19H2,1H3. The van der Waals surface area contributed by atoms with Gasteiger partial charge in [0.05, 0.1) is 13.7 Å². The molecule has 0 radical (unpaired) electrons. The largest absolute Gasteiger partial charge is 0.497 e. The minimum atomic E-state index is 0.0210. The summed E-state index contributed by atoms with van der Waals surface area (Å²) in [7, 11) is 1.63. The summed E-state index contributed by atoms with van der Waals surface area (Å²) in [5, 5.41) is 4.11. The van der Waals surface area contributed by atoms with Gasteiger partial charge >= 0.3 is 0 Å². The van der Waals surface area contributed by atoms with Gasteiger partial charge in [0.1, 0.15) is 12.4 Å². The van der Waals surface area contributed by atoms with Crippen molar-refractivity contribution in [3.05, 3.63) is 66.1 Å². The van der Waals surface area contributed by atoms with Crippen LogP contribution in [0.15, 0.2) is 59.1 Å². The van der Waals surface area contributed by atoms with Crippen LogP contribution in [0.5, 0.6) is 5.75 Å². The lowest BCUT2D eigenvalue weighted by Gasteiger charge is -2.34. The maximum Gasteiger partial charge on any atom is 0.248 e. The highest BCUT2D eigenvalue weighted by atomic mass is 16.5. The quantitative estimate of drug-likeness (QED) is 0.448. The molecule has 1 heterocycles. The van der Waals surface area contributed by atoms with Crippen molar-refractivity contribution in [3.8, 4) is 17.1 Å². The highest BCUT2D eigenvalue weighted by molar-refractivity contribution is 5.77. The molecule has 33 heavy (non-hydrogen) atoms. The zero-order valence-electron chi connectivity index (χ0n) is 19.1. The molecule has 0 saturated heterocycles. The number of nitrogens with zero attached hydrogens (tertiary/aromatic N) is 3. The van der Waals surface area contributed by atoms with E-state index in [1.165, 1.54) is 6.42 Å². The third kappa shape index (κ3) is 6.42. The van der Waals surface area contributed by atoms with Crippen molar-refractivity contribution in [3.63, 3.8) is 0 Å². The van der Waals surface area contributed by atoms with Crippen LogP contribution in [0.1, 0.15) is 43.6 Å². The van der Waals surface area contributed by atoms with E-state index in [1.807, 2.05) is 59.5 Å². The Morgan fingerprint density at radius 1 is 1.06 bits per heavy atom. The summed E-state index contributed by atoms with van der Waals surface area (Å²) in [6.07, 6.45) is 6.13. The van der Waals surface area contributed by atoms with Crippen molar-refractivity contribution in [1.29, 1.82) is 0 Å². The number of carbonyl (C=O) groups is 1. The van der Waals surface area contributed by atoms with E-state index in [0.29, 0.717) is 31.3 Å².